The molecule has 4 aromatic carbocycles. The van der Waals surface area contributed by atoms with Crippen LogP contribution in [0.1, 0.15) is 27.0 Å². The van der Waals surface area contributed by atoms with Crippen molar-refractivity contribution in [2.45, 2.75) is 13.2 Å². The molecule has 0 saturated carbocycles. The molecule has 6 aromatic rings. The van der Waals surface area contributed by atoms with E-state index in [1.54, 1.807) is 88.9 Å². The highest BCUT2D eigenvalue weighted by atomic mass is 35.5. The maximum absolute atomic E-state index is 13.3. The molecule has 0 radical (unpaired) electrons. The van der Waals surface area contributed by atoms with E-state index in [-0.39, 0.29) is 24.8 Å². The van der Waals surface area contributed by atoms with E-state index in [4.69, 9.17) is 37.5 Å². The molecular formula is C41H42Cl2F2N10O5. The van der Waals surface area contributed by atoms with Crippen molar-refractivity contribution in [3.8, 4) is 11.5 Å². The molecule has 0 aliphatic carbocycles. The fourth-order valence-electron chi connectivity index (χ4n) is 4.97. The Labute approximate surface area is 355 Å². The quantitative estimate of drug-likeness (QED) is 0.0354. The second-order valence-corrected chi connectivity index (χ2v) is 12.6. The van der Waals surface area contributed by atoms with Crippen molar-refractivity contribution < 1.29 is 32.7 Å². The highest BCUT2D eigenvalue weighted by molar-refractivity contribution is 6.32. The standard InChI is InChI=1S/C20H19ClFN5O2.C19H16ClFN4O2.C2H7NO/c1-23-19-16(10-26-28-2)20(25-12-24-19)27-15-6-7-18(17(21)9-15)29-11-13-4-3-5-14(22)8-13;1-22-18-15(9-26)19(24-11-23-18)25-14-5-6-17(16(20)8-14)27-10-12-3-2-4-13(21)7-12;1-3-4-2/h3-10,12H,11H2,1-2H3,(H2,23,24,25,27);2-9,11H,10H2,1H3,(H2,22,23,24,25);3H,1-2H3/b26-10+;;. The SMILES string of the molecule is CNOC.CNc1ncnc(Nc2ccc(OCc3cccc(F)c3)c(Cl)c2)c1/C=N/OC.CNc1ncnc(Nc2ccc(OCc3cccc(F)c3)c(Cl)c2)c1C=O. The lowest BCUT2D eigenvalue weighted by molar-refractivity contribution is 0.112. The Hall–Kier alpha value is -6.66. The summed E-state index contributed by atoms with van der Waals surface area (Å²) < 4.78 is 37.8. The maximum Gasteiger partial charge on any atom is 0.157 e. The summed E-state index contributed by atoms with van der Waals surface area (Å²) in [6.45, 7) is 0.399. The minimum atomic E-state index is -0.321. The van der Waals surface area contributed by atoms with E-state index < -0.39 is 0 Å². The molecule has 0 aliphatic heterocycles. The number of hydroxylamine groups is 1. The topological polar surface area (TPSA) is 178 Å². The molecule has 19 heteroatoms. The lowest BCUT2D eigenvalue weighted by Gasteiger charge is -2.13. The molecule has 0 saturated heterocycles. The van der Waals surface area contributed by atoms with E-state index in [0.29, 0.717) is 84.7 Å². The number of carbonyl (C=O) groups excluding carboxylic acids is 1. The summed E-state index contributed by atoms with van der Waals surface area (Å²) in [5.74, 6) is 2.20. The molecule has 0 spiro atoms. The number of aromatic nitrogens is 4. The van der Waals surface area contributed by atoms with Gasteiger partial charge in [-0.2, -0.15) is 0 Å². The second kappa shape index (κ2) is 24.3. The second-order valence-electron chi connectivity index (χ2n) is 11.8. The molecule has 314 valence electrons. The Kier molecular flexibility index (Phi) is 18.6. The summed E-state index contributed by atoms with van der Waals surface area (Å²) in [5, 5.41) is 16.6. The summed E-state index contributed by atoms with van der Waals surface area (Å²) in [7, 11) is 8.15. The van der Waals surface area contributed by atoms with Crippen molar-refractivity contribution in [1.29, 1.82) is 0 Å². The third kappa shape index (κ3) is 14.0. The van der Waals surface area contributed by atoms with Gasteiger partial charge in [0.25, 0.3) is 0 Å². The smallest absolute Gasteiger partial charge is 0.157 e. The van der Waals surface area contributed by atoms with Crippen LogP contribution in [0.2, 0.25) is 10.0 Å². The number of aldehydes is 1. The number of anilines is 6. The van der Waals surface area contributed by atoms with Crippen molar-refractivity contribution in [3.05, 3.63) is 142 Å². The summed E-state index contributed by atoms with van der Waals surface area (Å²) in [6, 6.07) is 22.7. The highest BCUT2D eigenvalue weighted by Gasteiger charge is 2.13. The number of nitrogens with one attached hydrogen (secondary N) is 5. The van der Waals surface area contributed by atoms with Crippen LogP contribution >= 0.6 is 23.2 Å². The Morgan fingerprint density at radius 3 is 1.50 bits per heavy atom. The molecule has 6 rings (SSSR count). The molecule has 60 heavy (non-hydrogen) atoms. The fourth-order valence-corrected chi connectivity index (χ4v) is 5.44. The number of halogens is 4. The molecule has 2 aromatic heterocycles. The predicted molar refractivity (Wildman–Crippen MR) is 230 cm³/mol. The molecule has 15 nitrogen and oxygen atoms in total. The molecule has 0 atom stereocenters. The van der Waals surface area contributed by atoms with Crippen molar-refractivity contribution in [2.24, 2.45) is 5.16 Å². The maximum atomic E-state index is 13.3. The van der Waals surface area contributed by atoms with Crippen molar-refractivity contribution in [3.63, 3.8) is 0 Å². The average molecular weight is 864 g/mol. The molecular weight excluding hydrogens is 821 g/mol. The van der Waals surface area contributed by atoms with Gasteiger partial charge >= 0.3 is 0 Å². The molecule has 0 aliphatic rings. The van der Waals surface area contributed by atoms with Crippen LogP contribution in [0.5, 0.6) is 11.5 Å². The van der Waals surface area contributed by atoms with Gasteiger partial charge in [-0.25, -0.2) is 34.2 Å². The lowest BCUT2D eigenvalue weighted by atomic mass is 10.2. The van der Waals surface area contributed by atoms with Crippen molar-refractivity contribution in [1.82, 2.24) is 25.4 Å². The molecule has 0 amide bonds. The lowest BCUT2D eigenvalue weighted by Crippen LogP contribution is -2.05. The van der Waals surface area contributed by atoms with Crippen molar-refractivity contribution >= 4 is 70.3 Å². The van der Waals surface area contributed by atoms with Crippen LogP contribution in [-0.4, -0.2) is 67.8 Å². The van der Waals surface area contributed by atoms with Gasteiger partial charge in [-0.15, -0.1) is 0 Å². The van der Waals surface area contributed by atoms with Crippen LogP contribution in [-0.2, 0) is 22.9 Å². The number of ether oxygens (including phenoxy) is 2. The minimum Gasteiger partial charge on any atom is -0.487 e. The minimum absolute atomic E-state index is 0.191. The van der Waals surface area contributed by atoms with Crippen LogP contribution in [0, 0.1) is 11.6 Å². The van der Waals surface area contributed by atoms with E-state index in [2.05, 4.69) is 56.7 Å². The van der Waals surface area contributed by atoms with E-state index in [1.165, 1.54) is 50.2 Å². The normalized spacial score (nSPS) is 10.3. The predicted octanol–water partition coefficient (Wildman–Crippen LogP) is 8.83. The third-order valence-corrected chi connectivity index (χ3v) is 8.40. The fraction of sp³-hybridized carbons (Fsp3) is 0.171. The summed E-state index contributed by atoms with van der Waals surface area (Å²) in [4.78, 5) is 36.9. The van der Waals surface area contributed by atoms with Gasteiger partial charge in [0.05, 0.1) is 34.5 Å². The Morgan fingerprint density at radius 2 is 1.10 bits per heavy atom. The van der Waals surface area contributed by atoms with Crippen LogP contribution in [0.4, 0.5) is 43.4 Å². The molecule has 0 bridgehead atoms. The first-order valence-corrected chi connectivity index (χ1v) is 18.5. The Bertz CT molecular complexity index is 2340. The molecule has 0 fully saturated rings. The van der Waals surface area contributed by atoms with Gasteiger partial charge in [0, 0.05) is 32.5 Å². The highest BCUT2D eigenvalue weighted by Crippen LogP contribution is 2.32. The Morgan fingerprint density at radius 1 is 0.650 bits per heavy atom. The first kappa shape index (κ1) is 46.0. The van der Waals surface area contributed by atoms with Gasteiger partial charge in [0.15, 0.2) is 6.29 Å². The van der Waals surface area contributed by atoms with Gasteiger partial charge in [-0.1, -0.05) is 52.6 Å². The largest absolute Gasteiger partial charge is 0.487 e. The number of nitrogens with zero attached hydrogens (tertiary/aromatic N) is 5. The van der Waals surface area contributed by atoms with Crippen molar-refractivity contribution in [2.75, 3.05) is 56.6 Å². The number of carbonyl (C=O) groups is 1. The third-order valence-electron chi connectivity index (χ3n) is 7.81. The summed E-state index contributed by atoms with van der Waals surface area (Å²) in [5.41, 5.74) is 6.10. The number of rotatable bonds is 16. The van der Waals surface area contributed by atoms with Crippen LogP contribution in [0.15, 0.2) is 103 Å². The van der Waals surface area contributed by atoms with Gasteiger partial charge in [-0.3, -0.25) is 4.79 Å². The molecule has 2 heterocycles. The molecule has 0 unspecified atom stereocenters. The Balaban J connectivity index is 0.000000243. The summed E-state index contributed by atoms with van der Waals surface area (Å²) >= 11 is 12.6. The van der Waals surface area contributed by atoms with Gasteiger partial charge in [0.1, 0.15) is 79.4 Å². The average Bonchev–Trinajstić information content (AvgIpc) is 3.25. The number of hydrogen-bond donors (Lipinski definition) is 5. The zero-order valence-electron chi connectivity index (χ0n) is 33.1. The van der Waals surface area contributed by atoms with E-state index in [0.717, 1.165) is 0 Å². The first-order chi connectivity index (χ1) is 29.1. The summed E-state index contributed by atoms with van der Waals surface area (Å²) in [6.07, 6.45) is 4.95. The monoisotopic (exact) mass is 862 g/mol. The number of hydrogen-bond acceptors (Lipinski definition) is 15. The van der Waals surface area contributed by atoms with Crippen LogP contribution in [0.3, 0.4) is 0 Å². The van der Waals surface area contributed by atoms with Gasteiger partial charge in [0.2, 0.25) is 0 Å². The molecule has 5 N–H and O–H groups in total. The van der Waals surface area contributed by atoms with E-state index >= 15 is 0 Å². The van der Waals surface area contributed by atoms with Crippen LogP contribution in [0.25, 0.3) is 0 Å². The number of oxime groups is 1. The van der Waals surface area contributed by atoms with Gasteiger partial charge in [-0.05, 0) is 71.8 Å². The van der Waals surface area contributed by atoms with E-state index in [1.807, 2.05) is 0 Å². The first-order valence-electron chi connectivity index (χ1n) is 17.8. The van der Waals surface area contributed by atoms with E-state index in [9.17, 15) is 13.6 Å². The van der Waals surface area contributed by atoms with Gasteiger partial charge < -0.3 is 40.4 Å². The zero-order chi connectivity index (χ0) is 43.3. The zero-order valence-corrected chi connectivity index (χ0v) is 34.6. The van der Waals surface area contributed by atoms with Crippen LogP contribution < -0.4 is 36.2 Å². The number of benzene rings is 4.